The van der Waals surface area contributed by atoms with Crippen molar-refractivity contribution in [3.05, 3.63) is 42.3 Å². The summed E-state index contributed by atoms with van der Waals surface area (Å²) in [5.41, 5.74) is -0.727. The van der Waals surface area contributed by atoms with Gasteiger partial charge >= 0.3 is 19.5 Å². The molecule has 0 aliphatic rings. The minimum atomic E-state index is -1.52. The summed E-state index contributed by atoms with van der Waals surface area (Å²) >= 11 is 0. The topological polar surface area (TPSA) is 80.3 Å². The fourth-order valence-corrected chi connectivity index (χ4v) is 0.839. The van der Waals surface area contributed by atoms with Crippen LogP contribution in [0.15, 0.2) is 24.3 Å². The summed E-state index contributed by atoms with van der Waals surface area (Å²) in [5.74, 6) is -3.04. The van der Waals surface area contributed by atoms with Gasteiger partial charge in [-0.2, -0.15) is 6.92 Å². The van der Waals surface area contributed by atoms with Crippen molar-refractivity contribution in [3.63, 3.8) is 0 Å². The van der Waals surface area contributed by atoms with Crippen LogP contribution in [0.5, 0.6) is 0 Å². The van der Waals surface area contributed by atoms with Gasteiger partial charge in [0.1, 0.15) is 0 Å². The predicted octanol–water partition coefficient (Wildman–Crippen LogP) is -0.749. The molecule has 0 aliphatic carbocycles. The fraction of sp³-hybridized carbons (Fsp3) is 0.100. The maximum absolute atomic E-state index is 10.3. The Morgan fingerprint density at radius 3 is 1.47 bits per heavy atom. The number of benzene rings is 1. The molecular weight excluding hydrogens is 285 g/mol. The third-order valence-electron chi connectivity index (χ3n) is 1.37. The van der Waals surface area contributed by atoms with E-state index in [1.54, 1.807) is 6.92 Å². The van der Waals surface area contributed by atoms with Crippen LogP contribution in [0.4, 0.5) is 0 Å². The Morgan fingerprint density at radius 2 is 1.27 bits per heavy atom. The van der Waals surface area contributed by atoms with Crippen molar-refractivity contribution < 1.29 is 39.3 Å². The number of carboxylic acid groups (broad SMARTS) is 2. The SMILES string of the molecule is O=C([O-])c1ccccc1C(=O)[O-].[CH2-]C.[Ru+3]. The van der Waals surface area contributed by atoms with Crippen LogP contribution in [0.1, 0.15) is 27.6 Å². The Morgan fingerprint density at radius 1 is 1.00 bits per heavy atom. The van der Waals surface area contributed by atoms with Crippen LogP contribution in [-0.4, -0.2) is 11.9 Å². The number of carboxylic acids is 2. The van der Waals surface area contributed by atoms with E-state index < -0.39 is 11.9 Å². The second-order valence-electron chi connectivity index (χ2n) is 2.12. The van der Waals surface area contributed by atoms with Crippen LogP contribution >= 0.6 is 0 Å². The average molecular weight is 294 g/mol. The zero-order valence-electron chi connectivity index (χ0n) is 8.00. The van der Waals surface area contributed by atoms with Gasteiger partial charge in [-0.05, 0) is 0 Å². The summed E-state index contributed by atoms with van der Waals surface area (Å²) in [6.07, 6.45) is 0. The zero-order valence-corrected chi connectivity index (χ0v) is 9.74. The summed E-state index contributed by atoms with van der Waals surface area (Å²) in [4.78, 5) is 20.6. The van der Waals surface area contributed by atoms with Crippen LogP contribution in [-0.2, 0) is 19.5 Å². The van der Waals surface area contributed by atoms with Crippen LogP contribution in [0.25, 0.3) is 0 Å². The maximum atomic E-state index is 10.3. The van der Waals surface area contributed by atoms with Gasteiger partial charge in [0.25, 0.3) is 0 Å². The van der Waals surface area contributed by atoms with Gasteiger partial charge in [0.15, 0.2) is 0 Å². The number of carbonyl (C=O) groups is 2. The largest absolute Gasteiger partial charge is 3.00 e. The van der Waals surface area contributed by atoms with Crippen LogP contribution < -0.4 is 10.2 Å². The molecule has 5 heteroatoms. The van der Waals surface area contributed by atoms with Crippen LogP contribution in [0.2, 0.25) is 0 Å². The van der Waals surface area contributed by atoms with E-state index >= 15 is 0 Å². The van der Waals surface area contributed by atoms with Gasteiger partial charge in [-0.15, -0.1) is 0 Å². The van der Waals surface area contributed by atoms with Crippen LogP contribution in [0, 0.1) is 6.92 Å². The van der Waals surface area contributed by atoms with E-state index in [0.29, 0.717) is 0 Å². The normalized spacial score (nSPS) is 7.87. The van der Waals surface area contributed by atoms with E-state index in [1.807, 2.05) is 0 Å². The molecule has 1 rings (SSSR count). The Bertz CT molecular complexity index is 303. The first-order valence-electron chi connectivity index (χ1n) is 3.85. The summed E-state index contributed by atoms with van der Waals surface area (Å²) in [6, 6.07) is 5.14. The molecular formula is C10H9O4Ru. The maximum Gasteiger partial charge on any atom is 3.00 e. The molecule has 0 spiro atoms. The molecule has 0 aliphatic heterocycles. The Balaban J connectivity index is 0. The molecule has 81 valence electrons. The van der Waals surface area contributed by atoms with Crippen LogP contribution in [0.3, 0.4) is 0 Å². The van der Waals surface area contributed by atoms with Gasteiger partial charge in [0.05, 0.1) is 11.9 Å². The van der Waals surface area contributed by atoms with E-state index in [2.05, 4.69) is 6.92 Å². The number of carbonyl (C=O) groups excluding carboxylic acids is 2. The molecule has 0 N–H and O–H groups in total. The quantitative estimate of drug-likeness (QED) is 0.531. The smallest absolute Gasteiger partial charge is 0.545 e. The van der Waals surface area contributed by atoms with E-state index in [9.17, 15) is 19.8 Å². The molecule has 0 fully saturated rings. The third-order valence-corrected chi connectivity index (χ3v) is 1.37. The monoisotopic (exact) mass is 295 g/mol. The zero-order chi connectivity index (χ0) is 11.1. The molecule has 0 atom stereocenters. The molecule has 1 aromatic rings. The van der Waals surface area contributed by atoms with E-state index in [4.69, 9.17) is 0 Å². The average Bonchev–Trinajstić information content (AvgIpc) is 2.20. The molecule has 4 nitrogen and oxygen atoms in total. The molecule has 0 bridgehead atoms. The Hall–Kier alpha value is -1.22. The first-order valence-corrected chi connectivity index (χ1v) is 3.85. The summed E-state index contributed by atoms with van der Waals surface area (Å²) in [7, 11) is 0. The van der Waals surface area contributed by atoms with Gasteiger partial charge in [-0.25, -0.2) is 0 Å². The van der Waals surface area contributed by atoms with Gasteiger partial charge in [0.2, 0.25) is 0 Å². The molecule has 0 saturated heterocycles. The number of hydrogen-bond acceptors (Lipinski definition) is 4. The van der Waals surface area contributed by atoms with E-state index in [0.717, 1.165) is 12.1 Å². The van der Waals surface area contributed by atoms with Gasteiger partial charge in [-0.3, -0.25) is 0 Å². The van der Waals surface area contributed by atoms with Crippen molar-refractivity contribution in [3.8, 4) is 0 Å². The number of aromatic carboxylic acids is 2. The van der Waals surface area contributed by atoms with Crippen molar-refractivity contribution in [2.24, 2.45) is 0 Å². The minimum absolute atomic E-state index is 0. The molecule has 0 heterocycles. The van der Waals surface area contributed by atoms with Gasteiger partial charge in [0, 0.05) is 11.1 Å². The standard InChI is InChI=1S/C8H6O4.C2H5.Ru/c9-7(10)5-3-1-2-4-6(5)8(11)12;1-2;/h1-4H,(H,9,10)(H,11,12);1H2,2H3;/q;-1;+3/p-2. The predicted molar refractivity (Wildman–Crippen MR) is 46.1 cm³/mol. The second kappa shape index (κ2) is 8.12. The van der Waals surface area contributed by atoms with Gasteiger partial charge in [-0.1, -0.05) is 24.3 Å². The van der Waals surface area contributed by atoms with Crippen molar-refractivity contribution in [2.45, 2.75) is 6.92 Å². The molecule has 1 aromatic carbocycles. The van der Waals surface area contributed by atoms with Crippen molar-refractivity contribution in [1.29, 1.82) is 0 Å². The van der Waals surface area contributed by atoms with Gasteiger partial charge < -0.3 is 26.7 Å². The molecule has 1 radical (unpaired) electrons. The van der Waals surface area contributed by atoms with Crippen molar-refractivity contribution >= 4 is 11.9 Å². The summed E-state index contributed by atoms with van der Waals surface area (Å²) in [5, 5.41) is 20.6. The number of rotatable bonds is 2. The molecule has 0 amide bonds. The Labute approximate surface area is 101 Å². The summed E-state index contributed by atoms with van der Waals surface area (Å²) < 4.78 is 0. The minimum Gasteiger partial charge on any atom is -0.545 e. The van der Waals surface area contributed by atoms with E-state index in [-0.39, 0.29) is 30.6 Å². The Kier molecular flexibility index (Phi) is 8.78. The van der Waals surface area contributed by atoms with E-state index in [1.165, 1.54) is 12.1 Å². The van der Waals surface area contributed by atoms with Crippen molar-refractivity contribution in [2.75, 3.05) is 0 Å². The molecule has 0 unspecified atom stereocenters. The first kappa shape index (κ1) is 16.2. The number of hydrogen-bond donors (Lipinski definition) is 0. The molecule has 0 saturated carbocycles. The van der Waals surface area contributed by atoms with Crippen molar-refractivity contribution in [1.82, 2.24) is 0 Å². The second-order valence-corrected chi connectivity index (χ2v) is 2.12. The first-order chi connectivity index (χ1) is 6.63. The fourth-order valence-electron chi connectivity index (χ4n) is 0.839. The molecule has 0 aromatic heterocycles. The summed E-state index contributed by atoms with van der Waals surface area (Å²) in [6.45, 7) is 5.00. The molecule has 15 heavy (non-hydrogen) atoms. The third kappa shape index (κ3) is 4.70.